The van der Waals surface area contributed by atoms with Crippen LogP contribution in [0.15, 0.2) is 4.99 Å². The summed E-state index contributed by atoms with van der Waals surface area (Å²) < 4.78 is 37.8. The molecule has 1 saturated heterocycles. The Balaban J connectivity index is 0.00000841. The fourth-order valence-electron chi connectivity index (χ4n) is 3.24. The molecule has 0 bridgehead atoms. The molecular weight excluding hydrogens is 519 g/mol. The van der Waals surface area contributed by atoms with Crippen LogP contribution in [0.25, 0.3) is 0 Å². The van der Waals surface area contributed by atoms with Gasteiger partial charge in [-0.1, -0.05) is 13.8 Å². The van der Waals surface area contributed by atoms with Gasteiger partial charge in [-0.25, -0.2) is 8.42 Å². The molecule has 10 heteroatoms. The molecule has 1 unspecified atom stereocenters. The maximum Gasteiger partial charge on any atom is 0.216 e. The molecule has 8 nitrogen and oxygen atoms in total. The van der Waals surface area contributed by atoms with E-state index in [0.29, 0.717) is 45.2 Å². The standard InChI is InChI=1S/C20H42N4O4S.HI/c1-7-21-20(22-10-9-19(17(3)4)27-8-2)23-11-13-24(14-12-23)29(25,26)16-15-28-18(5)6;/h17-19H,7-16H2,1-6H3,(H,21,22);1H. The first kappa shape index (κ1) is 29.8. The zero-order valence-electron chi connectivity index (χ0n) is 19.6. The fourth-order valence-corrected chi connectivity index (χ4v) is 4.53. The lowest BCUT2D eigenvalue weighted by molar-refractivity contribution is 0.0266. The predicted molar refractivity (Wildman–Crippen MR) is 134 cm³/mol. The molecule has 0 aromatic carbocycles. The van der Waals surface area contributed by atoms with Crippen LogP contribution in [0, 0.1) is 5.92 Å². The summed E-state index contributed by atoms with van der Waals surface area (Å²) in [6, 6.07) is 0. The maximum absolute atomic E-state index is 12.5. The highest BCUT2D eigenvalue weighted by molar-refractivity contribution is 14.0. The zero-order chi connectivity index (χ0) is 21.9. The Labute approximate surface area is 201 Å². The molecule has 0 aliphatic carbocycles. The average Bonchev–Trinajstić information content (AvgIpc) is 2.66. The van der Waals surface area contributed by atoms with Gasteiger partial charge in [-0.05, 0) is 40.0 Å². The van der Waals surface area contributed by atoms with E-state index < -0.39 is 10.0 Å². The summed E-state index contributed by atoms with van der Waals surface area (Å²) in [6.07, 6.45) is 1.13. The van der Waals surface area contributed by atoms with Gasteiger partial charge in [-0.2, -0.15) is 4.31 Å². The number of hydrogen-bond donors (Lipinski definition) is 1. The number of nitrogens with zero attached hydrogens (tertiary/aromatic N) is 3. The van der Waals surface area contributed by atoms with Crippen LogP contribution in [0.4, 0.5) is 0 Å². The minimum atomic E-state index is -3.28. The van der Waals surface area contributed by atoms with Gasteiger partial charge in [0.2, 0.25) is 10.0 Å². The second kappa shape index (κ2) is 15.6. The zero-order valence-corrected chi connectivity index (χ0v) is 22.7. The summed E-state index contributed by atoms with van der Waals surface area (Å²) in [7, 11) is -3.28. The van der Waals surface area contributed by atoms with E-state index in [-0.39, 0.29) is 48.5 Å². The van der Waals surface area contributed by atoms with Gasteiger partial charge in [-0.3, -0.25) is 4.99 Å². The van der Waals surface area contributed by atoms with E-state index >= 15 is 0 Å². The van der Waals surface area contributed by atoms with Crippen molar-refractivity contribution < 1.29 is 17.9 Å². The summed E-state index contributed by atoms with van der Waals surface area (Å²) in [4.78, 5) is 6.91. The number of sulfonamides is 1. The Morgan fingerprint density at radius 3 is 2.20 bits per heavy atom. The van der Waals surface area contributed by atoms with Gasteiger partial charge in [0.25, 0.3) is 0 Å². The first-order valence-electron chi connectivity index (χ1n) is 11.0. The number of hydrogen-bond acceptors (Lipinski definition) is 5. The number of rotatable bonds is 12. The van der Waals surface area contributed by atoms with Crippen molar-refractivity contribution in [2.24, 2.45) is 10.9 Å². The minimum absolute atomic E-state index is 0. The Kier molecular flexibility index (Phi) is 15.5. The van der Waals surface area contributed by atoms with Gasteiger partial charge in [0.15, 0.2) is 5.96 Å². The topological polar surface area (TPSA) is 83.5 Å². The van der Waals surface area contributed by atoms with E-state index in [1.165, 1.54) is 0 Å². The van der Waals surface area contributed by atoms with Crippen LogP contribution in [0.1, 0.15) is 48.0 Å². The SMILES string of the molecule is CCNC(=NCCC(OCC)C(C)C)N1CCN(S(=O)(=O)CCOC(C)C)CC1.I. The molecule has 180 valence electrons. The normalized spacial score (nSPS) is 17.3. The van der Waals surface area contributed by atoms with Gasteiger partial charge >= 0.3 is 0 Å². The molecule has 1 atom stereocenters. The number of aliphatic imine (C=N–C) groups is 1. The Bertz CT molecular complexity index is 579. The molecule has 0 radical (unpaired) electrons. The molecule has 1 fully saturated rings. The highest BCUT2D eigenvalue weighted by atomic mass is 127. The van der Waals surface area contributed by atoms with E-state index in [2.05, 4.69) is 24.1 Å². The van der Waals surface area contributed by atoms with E-state index in [1.807, 2.05) is 27.7 Å². The first-order valence-corrected chi connectivity index (χ1v) is 12.6. The first-order chi connectivity index (χ1) is 13.7. The molecule has 0 amide bonds. The van der Waals surface area contributed by atoms with Crippen molar-refractivity contribution in [1.29, 1.82) is 0 Å². The van der Waals surface area contributed by atoms with Gasteiger partial charge in [0.1, 0.15) is 0 Å². The molecule has 0 aromatic rings. The Hall–Kier alpha value is -0.170. The third-order valence-electron chi connectivity index (χ3n) is 4.86. The van der Waals surface area contributed by atoms with Gasteiger partial charge in [-0.15, -0.1) is 24.0 Å². The van der Waals surface area contributed by atoms with Crippen molar-refractivity contribution >= 4 is 40.0 Å². The summed E-state index contributed by atoms with van der Waals surface area (Å²) in [5.74, 6) is 1.35. The van der Waals surface area contributed by atoms with Crippen LogP contribution < -0.4 is 5.32 Å². The van der Waals surface area contributed by atoms with Crippen molar-refractivity contribution in [3.05, 3.63) is 0 Å². The van der Waals surface area contributed by atoms with E-state index in [4.69, 9.17) is 14.5 Å². The van der Waals surface area contributed by atoms with E-state index in [0.717, 1.165) is 18.9 Å². The number of nitrogens with one attached hydrogen (secondary N) is 1. The maximum atomic E-state index is 12.5. The van der Waals surface area contributed by atoms with Crippen LogP contribution in [0.2, 0.25) is 0 Å². The Morgan fingerprint density at radius 1 is 1.07 bits per heavy atom. The highest BCUT2D eigenvalue weighted by Crippen LogP contribution is 2.12. The molecular formula is C20H43IN4O4S. The lowest BCUT2D eigenvalue weighted by atomic mass is 10.0. The molecule has 1 aliphatic heterocycles. The third kappa shape index (κ3) is 10.9. The average molecular weight is 563 g/mol. The molecule has 1 aliphatic rings. The third-order valence-corrected chi connectivity index (χ3v) is 6.69. The monoisotopic (exact) mass is 562 g/mol. The molecule has 0 spiro atoms. The van der Waals surface area contributed by atoms with Crippen molar-refractivity contribution in [2.45, 2.75) is 60.2 Å². The molecule has 1 N–H and O–H groups in total. The van der Waals surface area contributed by atoms with Crippen LogP contribution in [0.5, 0.6) is 0 Å². The van der Waals surface area contributed by atoms with Crippen molar-refractivity contribution in [2.75, 3.05) is 58.2 Å². The van der Waals surface area contributed by atoms with Crippen molar-refractivity contribution in [3.8, 4) is 0 Å². The number of halogens is 1. The molecule has 1 rings (SSSR count). The second-order valence-corrected chi connectivity index (χ2v) is 9.97. The van der Waals surface area contributed by atoms with Crippen LogP contribution in [-0.4, -0.2) is 94.0 Å². The van der Waals surface area contributed by atoms with Gasteiger partial charge in [0.05, 0.1) is 24.6 Å². The predicted octanol–water partition coefficient (Wildman–Crippen LogP) is 2.39. The van der Waals surface area contributed by atoms with Crippen LogP contribution in [0.3, 0.4) is 0 Å². The molecule has 1 heterocycles. The fraction of sp³-hybridized carbons (Fsp3) is 0.950. The minimum Gasteiger partial charge on any atom is -0.378 e. The van der Waals surface area contributed by atoms with Crippen LogP contribution >= 0.6 is 24.0 Å². The second-order valence-electron chi connectivity index (χ2n) is 7.88. The lowest BCUT2D eigenvalue weighted by Crippen LogP contribution is -2.54. The summed E-state index contributed by atoms with van der Waals surface area (Å²) in [6.45, 7) is 16.9. The lowest BCUT2D eigenvalue weighted by Gasteiger charge is -2.36. The van der Waals surface area contributed by atoms with E-state index in [1.54, 1.807) is 4.31 Å². The van der Waals surface area contributed by atoms with Crippen molar-refractivity contribution in [1.82, 2.24) is 14.5 Å². The summed E-state index contributed by atoms with van der Waals surface area (Å²) >= 11 is 0. The number of guanidine groups is 1. The molecule has 30 heavy (non-hydrogen) atoms. The highest BCUT2D eigenvalue weighted by Gasteiger charge is 2.28. The summed E-state index contributed by atoms with van der Waals surface area (Å²) in [5.41, 5.74) is 0. The molecule has 0 aromatic heterocycles. The number of ether oxygens (including phenoxy) is 2. The van der Waals surface area contributed by atoms with Gasteiger partial charge < -0.3 is 19.7 Å². The van der Waals surface area contributed by atoms with E-state index in [9.17, 15) is 8.42 Å². The molecule has 0 saturated carbocycles. The quantitative estimate of drug-likeness (QED) is 0.224. The number of piperazine rings is 1. The Morgan fingerprint density at radius 2 is 1.70 bits per heavy atom. The summed E-state index contributed by atoms with van der Waals surface area (Å²) in [5, 5.41) is 3.33. The largest absolute Gasteiger partial charge is 0.378 e. The van der Waals surface area contributed by atoms with Gasteiger partial charge in [0, 0.05) is 45.9 Å². The smallest absolute Gasteiger partial charge is 0.216 e. The van der Waals surface area contributed by atoms with Crippen LogP contribution in [-0.2, 0) is 19.5 Å². The van der Waals surface area contributed by atoms with Crippen molar-refractivity contribution in [3.63, 3.8) is 0 Å².